The number of nitrogens with zero attached hydrogens (tertiary/aromatic N) is 4. The SMILES string of the molecule is Clc1ccc(CN2CC[C@@]3(COCc4cnc(-c5cccnc5)nc43)C2)cc1. The van der Waals surface area contributed by atoms with E-state index in [9.17, 15) is 0 Å². The molecule has 0 unspecified atom stereocenters. The van der Waals surface area contributed by atoms with Crippen LogP contribution in [0.15, 0.2) is 55.0 Å². The first-order chi connectivity index (χ1) is 13.7. The van der Waals surface area contributed by atoms with Crippen molar-refractivity contribution in [3.05, 3.63) is 76.8 Å². The minimum absolute atomic E-state index is 0.0695. The number of halogens is 1. The highest BCUT2D eigenvalue weighted by Crippen LogP contribution is 2.40. The van der Waals surface area contributed by atoms with Crippen molar-refractivity contribution in [3.63, 3.8) is 0 Å². The highest BCUT2D eigenvalue weighted by Gasteiger charge is 2.44. The van der Waals surface area contributed by atoms with Crippen LogP contribution in [-0.4, -0.2) is 39.5 Å². The Morgan fingerprint density at radius 1 is 1.14 bits per heavy atom. The summed E-state index contributed by atoms with van der Waals surface area (Å²) < 4.78 is 5.96. The Kier molecular flexibility index (Phi) is 4.59. The molecule has 1 fully saturated rings. The third-order valence-corrected chi connectivity index (χ3v) is 5.93. The number of aromatic nitrogens is 3. The zero-order valence-corrected chi connectivity index (χ0v) is 16.3. The topological polar surface area (TPSA) is 51.1 Å². The van der Waals surface area contributed by atoms with Gasteiger partial charge in [0.15, 0.2) is 5.82 Å². The largest absolute Gasteiger partial charge is 0.376 e. The van der Waals surface area contributed by atoms with Gasteiger partial charge in [-0.05, 0) is 42.8 Å². The number of rotatable bonds is 3. The third-order valence-electron chi connectivity index (χ3n) is 5.67. The van der Waals surface area contributed by atoms with Crippen LogP contribution in [0.5, 0.6) is 0 Å². The maximum absolute atomic E-state index is 6.02. The van der Waals surface area contributed by atoms with Crippen LogP contribution in [0.4, 0.5) is 0 Å². The minimum Gasteiger partial charge on any atom is -0.376 e. The van der Waals surface area contributed by atoms with Gasteiger partial charge in [0.05, 0.1) is 24.3 Å². The summed E-state index contributed by atoms with van der Waals surface area (Å²) in [6.07, 6.45) is 6.54. The van der Waals surface area contributed by atoms with Gasteiger partial charge in [-0.1, -0.05) is 23.7 Å². The average Bonchev–Trinajstić information content (AvgIpc) is 3.13. The zero-order chi connectivity index (χ0) is 19.0. The van der Waals surface area contributed by atoms with Gasteiger partial charge in [0.1, 0.15) is 0 Å². The van der Waals surface area contributed by atoms with Crippen molar-refractivity contribution in [2.75, 3.05) is 19.7 Å². The van der Waals surface area contributed by atoms with E-state index in [1.165, 1.54) is 5.56 Å². The molecular weight excluding hydrogens is 372 g/mol. The molecule has 0 saturated carbocycles. The molecule has 142 valence electrons. The fourth-order valence-electron chi connectivity index (χ4n) is 4.28. The number of hydrogen-bond acceptors (Lipinski definition) is 5. The highest BCUT2D eigenvalue weighted by molar-refractivity contribution is 6.30. The summed E-state index contributed by atoms with van der Waals surface area (Å²) in [5.41, 5.74) is 4.40. The van der Waals surface area contributed by atoms with Crippen molar-refractivity contribution < 1.29 is 4.74 Å². The Balaban J connectivity index is 1.43. The monoisotopic (exact) mass is 392 g/mol. The Bertz CT molecular complexity index is 980. The van der Waals surface area contributed by atoms with E-state index in [0.717, 1.165) is 53.7 Å². The van der Waals surface area contributed by atoms with Gasteiger partial charge in [0.2, 0.25) is 0 Å². The van der Waals surface area contributed by atoms with Crippen LogP contribution in [0.25, 0.3) is 11.4 Å². The number of ether oxygens (including phenoxy) is 1. The summed E-state index contributed by atoms with van der Waals surface area (Å²) in [5.74, 6) is 0.740. The molecule has 2 aromatic heterocycles. The Labute approximate surface area is 169 Å². The molecule has 2 aliphatic heterocycles. The number of benzene rings is 1. The van der Waals surface area contributed by atoms with E-state index in [1.807, 2.05) is 36.7 Å². The Morgan fingerprint density at radius 3 is 2.86 bits per heavy atom. The second kappa shape index (κ2) is 7.24. The van der Waals surface area contributed by atoms with Crippen LogP contribution in [0.2, 0.25) is 5.02 Å². The zero-order valence-electron chi connectivity index (χ0n) is 15.5. The van der Waals surface area contributed by atoms with E-state index in [1.54, 1.807) is 6.20 Å². The molecule has 5 nitrogen and oxygen atoms in total. The number of fused-ring (bicyclic) bond motifs is 2. The van der Waals surface area contributed by atoms with E-state index in [-0.39, 0.29) is 5.41 Å². The molecule has 0 bridgehead atoms. The fraction of sp³-hybridized carbons (Fsp3) is 0.318. The van der Waals surface area contributed by atoms with Crippen molar-refractivity contribution in [2.45, 2.75) is 25.0 Å². The van der Waals surface area contributed by atoms with Gasteiger partial charge in [-0.2, -0.15) is 0 Å². The summed E-state index contributed by atoms with van der Waals surface area (Å²) in [6.45, 7) is 4.17. The van der Waals surface area contributed by atoms with Gasteiger partial charge < -0.3 is 4.74 Å². The molecular formula is C22H21ClN4O. The lowest BCUT2D eigenvalue weighted by atomic mass is 9.80. The standard InChI is InChI=1S/C22H21ClN4O/c23-19-5-3-16(4-6-19)12-27-9-7-22(14-27)15-28-13-18-11-25-21(26-20(18)22)17-2-1-8-24-10-17/h1-6,8,10-11H,7,9,12-15H2/t22-/m0/s1. The van der Waals surface area contributed by atoms with Crippen LogP contribution in [0, 0.1) is 0 Å². The van der Waals surface area contributed by atoms with Gasteiger partial charge in [0, 0.05) is 47.8 Å². The predicted molar refractivity (Wildman–Crippen MR) is 108 cm³/mol. The van der Waals surface area contributed by atoms with Gasteiger partial charge >= 0.3 is 0 Å². The molecule has 0 N–H and O–H groups in total. The van der Waals surface area contributed by atoms with E-state index >= 15 is 0 Å². The first kappa shape index (κ1) is 17.7. The smallest absolute Gasteiger partial charge is 0.160 e. The first-order valence-electron chi connectivity index (χ1n) is 9.53. The summed E-state index contributed by atoms with van der Waals surface area (Å²) in [7, 11) is 0. The molecule has 0 radical (unpaired) electrons. The van der Waals surface area contributed by atoms with Crippen molar-refractivity contribution >= 4 is 11.6 Å². The summed E-state index contributed by atoms with van der Waals surface area (Å²) >= 11 is 6.02. The lowest BCUT2D eigenvalue weighted by Gasteiger charge is -2.34. The summed E-state index contributed by atoms with van der Waals surface area (Å²) in [4.78, 5) is 16.2. The normalized spacial score (nSPS) is 21.8. The second-order valence-corrected chi connectivity index (χ2v) is 8.11. The quantitative estimate of drug-likeness (QED) is 0.677. The summed E-state index contributed by atoms with van der Waals surface area (Å²) in [5, 5.41) is 0.774. The van der Waals surface area contributed by atoms with Gasteiger partial charge in [-0.15, -0.1) is 0 Å². The maximum Gasteiger partial charge on any atom is 0.160 e. The lowest BCUT2D eigenvalue weighted by Crippen LogP contribution is -2.40. The van der Waals surface area contributed by atoms with Crippen LogP contribution >= 0.6 is 11.6 Å². The molecule has 0 aliphatic carbocycles. The van der Waals surface area contributed by atoms with Crippen LogP contribution in [0.1, 0.15) is 23.2 Å². The maximum atomic E-state index is 6.02. The van der Waals surface area contributed by atoms with Crippen LogP contribution in [0.3, 0.4) is 0 Å². The predicted octanol–water partition coefficient (Wildman–Crippen LogP) is 3.87. The molecule has 3 aromatic rings. The van der Waals surface area contributed by atoms with Crippen molar-refractivity contribution in [1.29, 1.82) is 0 Å². The summed E-state index contributed by atoms with van der Waals surface area (Å²) in [6, 6.07) is 12.0. The van der Waals surface area contributed by atoms with Crippen molar-refractivity contribution in [3.8, 4) is 11.4 Å². The average molecular weight is 393 g/mol. The molecule has 5 rings (SSSR count). The van der Waals surface area contributed by atoms with Crippen LogP contribution < -0.4 is 0 Å². The number of likely N-dealkylation sites (tertiary alicyclic amines) is 1. The Hall–Kier alpha value is -2.34. The van der Waals surface area contributed by atoms with Gasteiger partial charge in [-0.3, -0.25) is 9.88 Å². The molecule has 1 spiro atoms. The number of hydrogen-bond donors (Lipinski definition) is 0. The number of pyridine rings is 1. The van der Waals surface area contributed by atoms with E-state index in [2.05, 4.69) is 27.0 Å². The highest BCUT2D eigenvalue weighted by atomic mass is 35.5. The molecule has 4 heterocycles. The van der Waals surface area contributed by atoms with E-state index in [0.29, 0.717) is 13.2 Å². The molecule has 6 heteroatoms. The van der Waals surface area contributed by atoms with Crippen molar-refractivity contribution in [1.82, 2.24) is 19.9 Å². The second-order valence-electron chi connectivity index (χ2n) is 7.67. The van der Waals surface area contributed by atoms with Crippen LogP contribution in [-0.2, 0) is 23.3 Å². The van der Waals surface area contributed by atoms with E-state index in [4.69, 9.17) is 21.3 Å². The lowest BCUT2D eigenvalue weighted by molar-refractivity contribution is 0.0503. The van der Waals surface area contributed by atoms with E-state index < -0.39 is 0 Å². The molecule has 2 aliphatic rings. The minimum atomic E-state index is -0.0695. The molecule has 1 saturated heterocycles. The fourth-order valence-corrected chi connectivity index (χ4v) is 4.41. The Morgan fingerprint density at radius 2 is 2.04 bits per heavy atom. The third kappa shape index (κ3) is 3.30. The molecule has 28 heavy (non-hydrogen) atoms. The molecule has 0 amide bonds. The van der Waals surface area contributed by atoms with Gasteiger partial charge in [0.25, 0.3) is 0 Å². The first-order valence-corrected chi connectivity index (χ1v) is 9.91. The molecule has 1 atom stereocenters. The van der Waals surface area contributed by atoms with Gasteiger partial charge in [-0.25, -0.2) is 9.97 Å². The van der Waals surface area contributed by atoms with Crippen molar-refractivity contribution in [2.24, 2.45) is 0 Å². The molecule has 1 aromatic carbocycles.